The van der Waals surface area contributed by atoms with Crippen LogP contribution in [0.2, 0.25) is 0 Å². The van der Waals surface area contributed by atoms with E-state index in [-0.39, 0.29) is 34.7 Å². The van der Waals surface area contributed by atoms with Crippen LogP contribution in [0.4, 0.5) is 0 Å². The van der Waals surface area contributed by atoms with Gasteiger partial charge in [-0.1, -0.05) is 70.7 Å². The molecule has 8 nitrogen and oxygen atoms in total. The van der Waals surface area contributed by atoms with Gasteiger partial charge in [-0.25, -0.2) is 25.4 Å². The van der Waals surface area contributed by atoms with Gasteiger partial charge in [-0.15, -0.1) is 13.2 Å². The van der Waals surface area contributed by atoms with Gasteiger partial charge in [-0.05, 0) is 52.0 Å². The molecule has 4 rings (SSSR count). The molecule has 2 heterocycles. The number of halogens is 2. The third kappa shape index (κ3) is 6.57. The first-order valence-electron chi connectivity index (χ1n) is 12.8. The van der Waals surface area contributed by atoms with Crippen LogP contribution in [-0.2, 0) is 29.6 Å². The van der Waals surface area contributed by atoms with Gasteiger partial charge in [0.25, 0.3) is 31.9 Å². The van der Waals surface area contributed by atoms with Gasteiger partial charge >= 0.3 is 0 Å². The fourth-order valence-corrected chi connectivity index (χ4v) is 7.83. The molecular formula is C30H32Cl2N2O6S2. The molecule has 0 aromatic heterocycles. The van der Waals surface area contributed by atoms with Crippen LogP contribution in [0, 0.1) is 25.7 Å². The number of allylic oxidation sites excluding steroid dienone is 2. The molecule has 0 aliphatic carbocycles. The zero-order valence-electron chi connectivity index (χ0n) is 23.7. The van der Waals surface area contributed by atoms with Gasteiger partial charge in [0, 0.05) is 46.1 Å². The van der Waals surface area contributed by atoms with E-state index in [9.17, 15) is 26.4 Å². The van der Waals surface area contributed by atoms with Gasteiger partial charge in [0.05, 0.1) is 9.79 Å². The molecule has 0 radical (unpaired) electrons. The Morgan fingerprint density at radius 3 is 1.19 bits per heavy atom. The number of hydrogen-bond acceptors (Lipinski definition) is 6. The van der Waals surface area contributed by atoms with E-state index in [1.54, 1.807) is 50.3 Å². The van der Waals surface area contributed by atoms with Crippen molar-refractivity contribution in [1.82, 2.24) is 8.61 Å². The molecule has 12 heteroatoms. The van der Waals surface area contributed by atoms with Crippen molar-refractivity contribution in [3.8, 4) is 0 Å². The van der Waals surface area contributed by atoms with E-state index in [0.717, 1.165) is 19.7 Å². The highest BCUT2D eigenvalue weighted by atomic mass is 35.5. The lowest BCUT2D eigenvalue weighted by Crippen LogP contribution is -2.32. The monoisotopic (exact) mass is 650 g/mol. The third-order valence-electron chi connectivity index (χ3n) is 6.91. The van der Waals surface area contributed by atoms with Gasteiger partial charge in [0.1, 0.15) is 0 Å². The lowest BCUT2D eigenvalue weighted by molar-refractivity contribution is -0.121. The number of carbonyl (C=O) groups excluding carboxylic acids is 2. The Kier molecular flexibility index (Phi) is 10.3. The number of hydrogen-bond donors (Lipinski definition) is 0. The lowest BCUT2D eigenvalue weighted by atomic mass is 10.0. The normalized spacial score (nSPS) is 21.6. The molecule has 0 unspecified atom stereocenters. The van der Waals surface area contributed by atoms with Gasteiger partial charge in [-0.3, -0.25) is 9.59 Å². The predicted octanol–water partition coefficient (Wildman–Crippen LogP) is 5.68. The van der Waals surface area contributed by atoms with E-state index in [0.29, 0.717) is 21.2 Å². The zero-order valence-corrected chi connectivity index (χ0v) is 26.8. The maximum absolute atomic E-state index is 12.6. The molecule has 2 aliphatic rings. The van der Waals surface area contributed by atoms with Crippen LogP contribution < -0.4 is 0 Å². The molecule has 0 spiro atoms. The van der Waals surface area contributed by atoms with Crippen molar-refractivity contribution in [1.29, 1.82) is 0 Å². The topological polar surface area (TPSA) is 109 Å². The molecule has 42 heavy (non-hydrogen) atoms. The number of benzene rings is 2. The second kappa shape index (κ2) is 13.0. The summed E-state index contributed by atoms with van der Waals surface area (Å²) in [6.07, 6.45) is 3.09. The molecular weight excluding hydrogens is 619 g/mol. The minimum absolute atomic E-state index is 0.0396. The van der Waals surface area contributed by atoms with Crippen molar-refractivity contribution in [3.63, 3.8) is 0 Å². The highest BCUT2D eigenvalue weighted by molar-refractivity contribution is 7.90. The Bertz CT molecular complexity index is 1560. The molecule has 2 aliphatic heterocycles. The highest BCUT2D eigenvalue weighted by Gasteiger charge is 2.43. The van der Waals surface area contributed by atoms with Crippen molar-refractivity contribution < 1.29 is 26.4 Å². The summed E-state index contributed by atoms with van der Waals surface area (Å²) in [6.45, 7) is 14.2. The SMILES string of the molecule is C=C[C@H]1CN(S(=O)(=O)c2ccc(C)cc2)C(=O)/C1=C(\C)Cl.C=C[C@H]1CN(S(=O)(=O)c2ccc(C)cc2)C(=O)/C1=C(\C)Cl. The second-order valence-electron chi connectivity index (χ2n) is 9.89. The van der Waals surface area contributed by atoms with Crippen LogP contribution in [0.25, 0.3) is 0 Å². The van der Waals surface area contributed by atoms with Crippen LogP contribution in [0.3, 0.4) is 0 Å². The second-order valence-corrected chi connectivity index (χ2v) is 14.7. The van der Waals surface area contributed by atoms with Crippen LogP contribution in [0.5, 0.6) is 0 Å². The first kappa shape index (κ1) is 33.3. The summed E-state index contributed by atoms with van der Waals surface area (Å²) in [4.78, 5) is 24.9. The summed E-state index contributed by atoms with van der Waals surface area (Å²) >= 11 is 11.8. The molecule has 2 atom stereocenters. The van der Waals surface area contributed by atoms with Crippen molar-refractivity contribution in [3.05, 3.63) is 106 Å². The molecule has 0 bridgehead atoms. The standard InChI is InChI=1S/2C15H16ClNO3S/c2*1-4-12-9-17(15(18)14(12)11(3)16)21(19,20)13-7-5-10(2)6-8-13/h2*4-8,12H,1,9H2,2-3H3/b2*14-11+/t2*12-/m00/s1. The third-order valence-corrected chi connectivity index (χ3v) is 10.8. The van der Waals surface area contributed by atoms with E-state index >= 15 is 0 Å². The molecule has 2 aromatic carbocycles. The zero-order chi connectivity index (χ0) is 31.6. The Hall–Kier alpha value is -3.18. The summed E-state index contributed by atoms with van der Waals surface area (Å²) in [7, 11) is -7.74. The Balaban J connectivity index is 0.000000230. The van der Waals surface area contributed by atoms with E-state index in [1.165, 1.54) is 24.3 Å². The van der Waals surface area contributed by atoms with E-state index in [4.69, 9.17) is 23.2 Å². The molecule has 0 saturated carbocycles. The summed E-state index contributed by atoms with van der Waals surface area (Å²) in [6, 6.07) is 12.8. The quantitative estimate of drug-likeness (QED) is 0.294. The van der Waals surface area contributed by atoms with Crippen molar-refractivity contribution in [2.75, 3.05) is 13.1 Å². The molecule has 2 aromatic rings. The largest absolute Gasteiger partial charge is 0.268 e. The highest BCUT2D eigenvalue weighted by Crippen LogP contribution is 2.34. The van der Waals surface area contributed by atoms with Crippen LogP contribution in [0.15, 0.2) is 105 Å². The number of amides is 2. The van der Waals surface area contributed by atoms with Crippen molar-refractivity contribution in [2.24, 2.45) is 11.8 Å². The first-order chi connectivity index (χ1) is 19.6. The number of aryl methyl sites for hydroxylation is 2. The first-order valence-corrected chi connectivity index (χ1v) is 16.5. The summed E-state index contributed by atoms with van der Waals surface area (Å²) < 4.78 is 52.1. The van der Waals surface area contributed by atoms with Gasteiger partial charge in [0.2, 0.25) is 0 Å². The van der Waals surface area contributed by atoms with Gasteiger partial charge in [0.15, 0.2) is 0 Å². The number of carbonyl (C=O) groups is 2. The van der Waals surface area contributed by atoms with Crippen LogP contribution >= 0.6 is 23.2 Å². The van der Waals surface area contributed by atoms with Crippen LogP contribution in [-0.4, -0.2) is 50.3 Å². The maximum atomic E-state index is 12.6. The summed E-state index contributed by atoms with van der Waals surface area (Å²) in [5, 5.41) is 0.595. The summed E-state index contributed by atoms with van der Waals surface area (Å²) in [5.41, 5.74) is 2.48. The fraction of sp³-hybridized carbons (Fsp3) is 0.267. The van der Waals surface area contributed by atoms with Crippen molar-refractivity contribution in [2.45, 2.75) is 37.5 Å². The summed E-state index contributed by atoms with van der Waals surface area (Å²) in [5.74, 6) is -1.91. The average Bonchev–Trinajstić information content (AvgIpc) is 3.46. The van der Waals surface area contributed by atoms with E-state index in [1.807, 2.05) is 13.8 Å². The number of nitrogens with zero attached hydrogens (tertiary/aromatic N) is 2. The molecule has 0 N–H and O–H groups in total. The maximum Gasteiger partial charge on any atom is 0.266 e. The minimum atomic E-state index is -3.87. The van der Waals surface area contributed by atoms with E-state index < -0.39 is 31.9 Å². The van der Waals surface area contributed by atoms with Crippen molar-refractivity contribution >= 4 is 55.1 Å². The Morgan fingerprint density at radius 1 is 0.690 bits per heavy atom. The Morgan fingerprint density at radius 2 is 0.976 bits per heavy atom. The molecule has 2 amide bonds. The molecule has 2 saturated heterocycles. The smallest absolute Gasteiger partial charge is 0.266 e. The minimum Gasteiger partial charge on any atom is -0.268 e. The average molecular weight is 652 g/mol. The Labute approximate surface area is 257 Å². The molecule has 224 valence electrons. The fourth-order valence-electron chi connectivity index (χ4n) is 4.57. The number of sulfonamides is 2. The lowest BCUT2D eigenvalue weighted by Gasteiger charge is -2.16. The predicted molar refractivity (Wildman–Crippen MR) is 165 cm³/mol. The van der Waals surface area contributed by atoms with Gasteiger partial charge < -0.3 is 0 Å². The molecule has 2 fully saturated rings. The number of rotatable bonds is 6. The van der Waals surface area contributed by atoms with Gasteiger partial charge in [-0.2, -0.15) is 0 Å². The van der Waals surface area contributed by atoms with Crippen LogP contribution in [0.1, 0.15) is 25.0 Å². The van der Waals surface area contributed by atoms with E-state index in [2.05, 4.69) is 13.2 Å².